The Bertz CT molecular complexity index is 781. The fraction of sp³-hybridized carbons (Fsp3) is 0.357. The second kappa shape index (κ2) is 6.38. The molecule has 0 aliphatic heterocycles. The number of fused-ring (bicyclic) bond motifs is 1. The number of hydrogen-bond donors (Lipinski definition) is 2. The van der Waals surface area contributed by atoms with E-state index in [2.05, 4.69) is 4.72 Å². The highest BCUT2D eigenvalue weighted by Gasteiger charge is 2.16. The molecule has 21 heavy (non-hydrogen) atoms. The van der Waals surface area contributed by atoms with Gasteiger partial charge in [-0.25, -0.2) is 17.9 Å². The second-order valence-electron chi connectivity index (χ2n) is 4.75. The predicted octanol–water partition coefficient (Wildman–Crippen LogP) is 1.23. The summed E-state index contributed by atoms with van der Waals surface area (Å²) in [5, 5.41) is 10.1. The molecule has 0 aliphatic carbocycles. The van der Waals surface area contributed by atoms with Crippen LogP contribution in [0.15, 0.2) is 44.4 Å². The molecule has 2 rings (SSSR count). The molecule has 1 aromatic heterocycles. The molecule has 0 amide bonds. The molecular formula is C14H17NO5S. The van der Waals surface area contributed by atoms with Gasteiger partial charge in [-0.05, 0) is 30.7 Å². The molecule has 0 saturated heterocycles. The number of aliphatic hydroxyl groups excluding tert-OH is 1. The van der Waals surface area contributed by atoms with Crippen LogP contribution in [-0.4, -0.2) is 26.2 Å². The number of hydrogen-bond acceptors (Lipinski definition) is 5. The highest BCUT2D eigenvalue weighted by atomic mass is 32.2. The highest BCUT2D eigenvalue weighted by Crippen LogP contribution is 2.17. The van der Waals surface area contributed by atoms with Crippen LogP contribution in [0, 0.1) is 0 Å². The molecule has 1 aromatic carbocycles. The molecule has 0 spiro atoms. The van der Waals surface area contributed by atoms with E-state index in [1.54, 1.807) is 0 Å². The van der Waals surface area contributed by atoms with Crippen molar-refractivity contribution in [3.63, 3.8) is 0 Å². The first kappa shape index (κ1) is 15.7. The molecule has 0 radical (unpaired) electrons. The first-order valence-corrected chi connectivity index (χ1v) is 8.12. The van der Waals surface area contributed by atoms with E-state index in [9.17, 15) is 18.3 Å². The summed E-state index contributed by atoms with van der Waals surface area (Å²) >= 11 is 0. The van der Waals surface area contributed by atoms with Gasteiger partial charge in [-0.15, -0.1) is 0 Å². The first-order chi connectivity index (χ1) is 9.92. The maximum Gasteiger partial charge on any atom is 0.336 e. The van der Waals surface area contributed by atoms with E-state index in [0.29, 0.717) is 17.4 Å². The molecule has 0 fully saturated rings. The van der Waals surface area contributed by atoms with Gasteiger partial charge < -0.3 is 9.52 Å². The van der Waals surface area contributed by atoms with Crippen molar-refractivity contribution >= 4 is 21.0 Å². The van der Waals surface area contributed by atoms with Gasteiger partial charge in [0.1, 0.15) is 5.58 Å². The SMILES string of the molecule is CCCC(O)CNS(=O)(=O)c1ccc2oc(=O)ccc2c1. The Hall–Kier alpha value is -1.70. The Morgan fingerprint density at radius 2 is 2.05 bits per heavy atom. The number of nitrogens with one attached hydrogen (secondary N) is 1. The Balaban J connectivity index is 2.24. The Labute approximate surface area is 122 Å². The van der Waals surface area contributed by atoms with Crippen molar-refractivity contribution < 1.29 is 17.9 Å². The van der Waals surface area contributed by atoms with E-state index in [0.717, 1.165) is 6.42 Å². The Morgan fingerprint density at radius 1 is 1.29 bits per heavy atom. The lowest BCUT2D eigenvalue weighted by atomic mass is 10.2. The number of aliphatic hydroxyl groups is 1. The minimum absolute atomic E-state index is 0.0297. The lowest BCUT2D eigenvalue weighted by molar-refractivity contribution is 0.167. The molecule has 2 N–H and O–H groups in total. The summed E-state index contributed by atoms with van der Waals surface area (Å²) in [4.78, 5) is 11.1. The standard InChI is InChI=1S/C14H17NO5S/c1-2-3-11(16)9-15-21(18,19)12-5-6-13-10(8-12)4-7-14(17)20-13/h4-8,11,15-16H,2-3,9H2,1H3. The molecule has 1 atom stereocenters. The summed E-state index contributed by atoms with van der Waals surface area (Å²) in [7, 11) is -3.71. The zero-order valence-electron chi connectivity index (χ0n) is 11.6. The average Bonchev–Trinajstić information content (AvgIpc) is 2.45. The van der Waals surface area contributed by atoms with Gasteiger partial charge in [0.25, 0.3) is 0 Å². The van der Waals surface area contributed by atoms with Crippen LogP contribution in [0.25, 0.3) is 11.0 Å². The van der Waals surface area contributed by atoms with Crippen molar-refractivity contribution in [3.8, 4) is 0 Å². The van der Waals surface area contributed by atoms with E-state index >= 15 is 0 Å². The number of benzene rings is 1. The van der Waals surface area contributed by atoms with Gasteiger partial charge in [-0.2, -0.15) is 0 Å². The maximum atomic E-state index is 12.1. The zero-order valence-corrected chi connectivity index (χ0v) is 12.4. The molecule has 1 unspecified atom stereocenters. The third-order valence-corrected chi connectivity index (χ3v) is 4.45. The first-order valence-electron chi connectivity index (χ1n) is 6.64. The van der Waals surface area contributed by atoms with Gasteiger partial charge in [0.2, 0.25) is 10.0 Å². The minimum Gasteiger partial charge on any atom is -0.423 e. The quantitative estimate of drug-likeness (QED) is 0.782. The third-order valence-electron chi connectivity index (χ3n) is 3.03. The fourth-order valence-electron chi connectivity index (χ4n) is 1.94. The molecule has 114 valence electrons. The van der Waals surface area contributed by atoms with Crippen LogP contribution >= 0.6 is 0 Å². The molecule has 1 heterocycles. The molecule has 2 aromatic rings. The van der Waals surface area contributed by atoms with Gasteiger partial charge in [0.15, 0.2) is 0 Å². The van der Waals surface area contributed by atoms with E-state index < -0.39 is 21.8 Å². The van der Waals surface area contributed by atoms with Crippen molar-refractivity contribution in [2.24, 2.45) is 0 Å². The van der Waals surface area contributed by atoms with Crippen molar-refractivity contribution in [1.82, 2.24) is 4.72 Å². The van der Waals surface area contributed by atoms with Gasteiger partial charge in [-0.3, -0.25) is 0 Å². The van der Waals surface area contributed by atoms with Crippen molar-refractivity contribution in [1.29, 1.82) is 0 Å². The average molecular weight is 311 g/mol. The van der Waals surface area contributed by atoms with Gasteiger partial charge in [0, 0.05) is 18.0 Å². The molecule has 7 heteroatoms. The van der Waals surface area contributed by atoms with E-state index in [1.165, 1.54) is 30.3 Å². The van der Waals surface area contributed by atoms with Crippen LogP contribution in [0.2, 0.25) is 0 Å². The summed E-state index contributed by atoms with van der Waals surface area (Å²) in [5.74, 6) is 0. The van der Waals surface area contributed by atoms with Gasteiger partial charge in [-0.1, -0.05) is 13.3 Å². The predicted molar refractivity (Wildman–Crippen MR) is 78.6 cm³/mol. The van der Waals surface area contributed by atoms with Crippen LogP contribution in [0.3, 0.4) is 0 Å². The summed E-state index contributed by atoms with van der Waals surface area (Å²) < 4.78 is 31.6. The summed E-state index contributed by atoms with van der Waals surface area (Å²) in [5.41, 5.74) is -0.161. The second-order valence-corrected chi connectivity index (χ2v) is 6.52. The third kappa shape index (κ3) is 3.90. The van der Waals surface area contributed by atoms with Gasteiger partial charge in [0.05, 0.1) is 11.0 Å². The van der Waals surface area contributed by atoms with Crippen molar-refractivity contribution in [2.75, 3.05) is 6.54 Å². The maximum absolute atomic E-state index is 12.1. The molecule has 0 aliphatic rings. The van der Waals surface area contributed by atoms with Crippen molar-refractivity contribution in [2.45, 2.75) is 30.8 Å². The van der Waals surface area contributed by atoms with E-state index in [1.807, 2.05) is 6.92 Å². The Morgan fingerprint density at radius 3 is 2.76 bits per heavy atom. The summed E-state index contributed by atoms with van der Waals surface area (Å²) in [6.45, 7) is 1.88. The fourth-order valence-corrected chi connectivity index (χ4v) is 3.05. The topological polar surface area (TPSA) is 96.6 Å². The molecular weight excluding hydrogens is 294 g/mol. The molecule has 0 bridgehead atoms. The van der Waals surface area contributed by atoms with E-state index in [-0.39, 0.29) is 11.4 Å². The number of rotatable bonds is 6. The Kier molecular flexibility index (Phi) is 4.76. The number of sulfonamides is 1. The smallest absolute Gasteiger partial charge is 0.336 e. The highest BCUT2D eigenvalue weighted by molar-refractivity contribution is 7.89. The molecule has 6 nitrogen and oxygen atoms in total. The van der Waals surface area contributed by atoms with Crippen molar-refractivity contribution in [3.05, 3.63) is 40.8 Å². The van der Waals surface area contributed by atoms with Crippen LogP contribution in [0.4, 0.5) is 0 Å². The van der Waals surface area contributed by atoms with E-state index in [4.69, 9.17) is 4.42 Å². The summed E-state index contributed by atoms with van der Waals surface area (Å²) in [6, 6.07) is 6.96. The van der Waals surface area contributed by atoms with Crippen LogP contribution in [0.5, 0.6) is 0 Å². The largest absolute Gasteiger partial charge is 0.423 e. The van der Waals surface area contributed by atoms with Crippen LogP contribution < -0.4 is 10.3 Å². The van der Waals surface area contributed by atoms with Gasteiger partial charge >= 0.3 is 5.63 Å². The zero-order chi connectivity index (χ0) is 15.5. The van der Waals surface area contributed by atoms with Crippen LogP contribution in [-0.2, 0) is 10.0 Å². The minimum atomic E-state index is -3.71. The normalized spacial score (nSPS) is 13.4. The molecule has 0 saturated carbocycles. The lowest BCUT2D eigenvalue weighted by Gasteiger charge is -2.11. The lowest BCUT2D eigenvalue weighted by Crippen LogP contribution is -2.32. The van der Waals surface area contributed by atoms with Crippen LogP contribution in [0.1, 0.15) is 19.8 Å². The summed E-state index contributed by atoms with van der Waals surface area (Å²) in [6.07, 6.45) is 0.604. The monoisotopic (exact) mass is 311 g/mol.